The third-order valence-corrected chi connectivity index (χ3v) is 7.41. The normalized spacial score (nSPS) is 32.1. The van der Waals surface area contributed by atoms with E-state index in [2.05, 4.69) is 30.4 Å². The number of anilines is 1. The molecule has 3 aromatic rings. The number of fused-ring (bicyclic) bond motifs is 3. The van der Waals surface area contributed by atoms with Crippen LogP contribution in [0.15, 0.2) is 18.5 Å². The largest absolute Gasteiger partial charge is 0.390 e. The molecule has 2 amide bonds. The lowest BCUT2D eigenvalue weighted by Gasteiger charge is -2.58. The number of likely N-dealkylation sites (N-methyl/N-ethyl adjacent to an activating group) is 1. The monoisotopic (exact) mass is 408 g/mol. The zero-order valence-corrected chi connectivity index (χ0v) is 16.7. The summed E-state index contributed by atoms with van der Waals surface area (Å²) in [6.45, 7) is 0. The van der Waals surface area contributed by atoms with Gasteiger partial charge in [0.2, 0.25) is 0 Å². The molecule has 9 heteroatoms. The Morgan fingerprint density at radius 2 is 1.93 bits per heavy atom. The van der Waals surface area contributed by atoms with Gasteiger partial charge in [-0.05, 0) is 55.9 Å². The Morgan fingerprint density at radius 1 is 1.17 bits per heavy atom. The van der Waals surface area contributed by atoms with Crippen molar-refractivity contribution in [3.05, 3.63) is 18.5 Å². The Hall–Kier alpha value is -2.94. The van der Waals surface area contributed by atoms with Gasteiger partial charge in [-0.2, -0.15) is 0 Å². The third-order valence-electron chi connectivity index (χ3n) is 7.41. The molecular weight excluding hydrogens is 384 g/mol. The van der Waals surface area contributed by atoms with Crippen LogP contribution in [0, 0.1) is 17.8 Å². The summed E-state index contributed by atoms with van der Waals surface area (Å²) < 4.78 is 2.15. The van der Waals surface area contributed by atoms with Gasteiger partial charge in [0.15, 0.2) is 5.65 Å². The first-order valence-electron chi connectivity index (χ1n) is 10.5. The van der Waals surface area contributed by atoms with Crippen molar-refractivity contribution in [2.45, 2.75) is 43.7 Å². The molecular formula is C21H24N6O3. The van der Waals surface area contributed by atoms with E-state index < -0.39 is 17.4 Å². The summed E-state index contributed by atoms with van der Waals surface area (Å²) in [4.78, 5) is 32.8. The number of aliphatic hydroxyl groups is 1. The van der Waals surface area contributed by atoms with Crippen LogP contribution in [0.25, 0.3) is 21.9 Å². The second-order valence-electron chi connectivity index (χ2n) is 9.28. The van der Waals surface area contributed by atoms with Gasteiger partial charge in [0.1, 0.15) is 5.82 Å². The first-order valence-corrected chi connectivity index (χ1v) is 10.5. The molecule has 30 heavy (non-hydrogen) atoms. The van der Waals surface area contributed by atoms with Gasteiger partial charge >= 0.3 is 11.8 Å². The fraction of sp³-hybridized carbons (Fsp3) is 0.524. The highest BCUT2D eigenvalue weighted by atomic mass is 16.3. The number of H-pyrrole nitrogens is 1. The Kier molecular flexibility index (Phi) is 3.60. The average Bonchev–Trinajstić information content (AvgIpc) is 3.30. The van der Waals surface area contributed by atoms with Crippen LogP contribution < -0.4 is 10.6 Å². The van der Waals surface area contributed by atoms with E-state index >= 15 is 0 Å². The van der Waals surface area contributed by atoms with E-state index in [4.69, 9.17) is 0 Å². The lowest BCUT2D eigenvalue weighted by Crippen LogP contribution is -2.55. The number of aromatic amines is 1. The second-order valence-corrected chi connectivity index (χ2v) is 9.28. The highest BCUT2D eigenvalue weighted by molar-refractivity contribution is 6.40. The maximum atomic E-state index is 12.3. The van der Waals surface area contributed by atoms with Crippen molar-refractivity contribution < 1.29 is 14.7 Å². The van der Waals surface area contributed by atoms with Crippen molar-refractivity contribution in [1.82, 2.24) is 25.1 Å². The molecule has 0 aliphatic heterocycles. The van der Waals surface area contributed by atoms with Crippen LogP contribution in [-0.2, 0) is 9.59 Å². The molecule has 3 heterocycles. The van der Waals surface area contributed by atoms with Crippen LogP contribution in [0.4, 0.5) is 5.82 Å². The van der Waals surface area contributed by atoms with E-state index in [0.29, 0.717) is 29.2 Å². The predicted octanol–water partition coefficient (Wildman–Crippen LogP) is 1.71. The average molecular weight is 408 g/mol. The minimum absolute atomic E-state index is 0.204. The number of amides is 2. The zero-order chi connectivity index (χ0) is 20.6. The van der Waals surface area contributed by atoms with Crippen molar-refractivity contribution in [2.75, 3.05) is 12.4 Å². The molecule has 4 saturated carbocycles. The highest BCUT2D eigenvalue weighted by Crippen LogP contribution is 2.60. The summed E-state index contributed by atoms with van der Waals surface area (Å²) in [6, 6.07) is 2.14. The fourth-order valence-electron chi connectivity index (χ4n) is 6.60. The molecule has 0 spiro atoms. The van der Waals surface area contributed by atoms with Crippen LogP contribution in [-0.4, -0.2) is 49.3 Å². The molecule has 4 aliphatic rings. The zero-order valence-electron chi connectivity index (χ0n) is 16.7. The Bertz CT molecular complexity index is 1180. The summed E-state index contributed by atoms with van der Waals surface area (Å²) in [7, 11) is 1.43. The van der Waals surface area contributed by atoms with Gasteiger partial charge in [-0.1, -0.05) is 0 Å². The van der Waals surface area contributed by atoms with E-state index in [1.54, 1.807) is 12.4 Å². The molecule has 4 N–H and O–H groups in total. The number of carbonyl (C=O) groups excluding carboxylic acids is 2. The lowest BCUT2D eigenvalue weighted by atomic mass is 9.52. The Balaban J connectivity index is 1.51. The van der Waals surface area contributed by atoms with Crippen molar-refractivity contribution in [3.8, 4) is 0 Å². The molecule has 0 unspecified atom stereocenters. The Morgan fingerprint density at radius 3 is 2.63 bits per heavy atom. The number of nitrogens with one attached hydrogen (secondary N) is 3. The molecule has 0 aromatic carbocycles. The van der Waals surface area contributed by atoms with Crippen molar-refractivity contribution in [2.24, 2.45) is 17.8 Å². The summed E-state index contributed by atoms with van der Waals surface area (Å²) in [5.41, 5.74) is 1.07. The number of rotatable bonds is 2. The number of carbonyl (C=O) groups is 2. The van der Waals surface area contributed by atoms with E-state index in [-0.39, 0.29) is 6.04 Å². The van der Waals surface area contributed by atoms with E-state index in [0.717, 1.165) is 48.4 Å². The number of pyridine rings is 1. The van der Waals surface area contributed by atoms with Gasteiger partial charge < -0.3 is 15.7 Å². The van der Waals surface area contributed by atoms with Crippen molar-refractivity contribution in [1.29, 1.82) is 0 Å². The predicted molar refractivity (Wildman–Crippen MR) is 110 cm³/mol. The topological polar surface area (TPSA) is 125 Å². The summed E-state index contributed by atoms with van der Waals surface area (Å²) in [5, 5.41) is 21.1. The maximum absolute atomic E-state index is 12.3. The molecule has 4 bridgehead atoms. The molecule has 9 nitrogen and oxygen atoms in total. The molecule has 3 aromatic heterocycles. The third kappa shape index (κ3) is 2.44. The van der Waals surface area contributed by atoms with E-state index in [1.165, 1.54) is 7.05 Å². The van der Waals surface area contributed by atoms with Crippen LogP contribution in [0.3, 0.4) is 0 Å². The fourth-order valence-corrected chi connectivity index (χ4v) is 6.60. The maximum Gasteiger partial charge on any atom is 0.314 e. The van der Waals surface area contributed by atoms with E-state index in [9.17, 15) is 14.7 Å². The summed E-state index contributed by atoms with van der Waals surface area (Å²) >= 11 is 0. The lowest BCUT2D eigenvalue weighted by molar-refractivity contribution is -0.148. The van der Waals surface area contributed by atoms with Gasteiger partial charge in [-0.15, -0.1) is 0 Å². The number of nitrogens with zero attached hydrogens (tertiary/aromatic N) is 3. The van der Waals surface area contributed by atoms with Gasteiger partial charge in [0, 0.05) is 24.8 Å². The number of aromatic nitrogens is 4. The van der Waals surface area contributed by atoms with Crippen LogP contribution in [0.2, 0.25) is 0 Å². The second kappa shape index (κ2) is 6.04. The van der Waals surface area contributed by atoms with Gasteiger partial charge in [0.05, 0.1) is 22.5 Å². The highest BCUT2D eigenvalue weighted by Gasteiger charge is 2.55. The van der Waals surface area contributed by atoms with Crippen molar-refractivity contribution in [3.63, 3.8) is 0 Å². The van der Waals surface area contributed by atoms with Crippen LogP contribution in [0.1, 0.15) is 38.1 Å². The summed E-state index contributed by atoms with van der Waals surface area (Å²) in [5.74, 6) is 0.378. The Labute approximate surface area is 172 Å². The molecule has 0 radical (unpaired) electrons. The van der Waals surface area contributed by atoms with Gasteiger partial charge in [-0.3, -0.25) is 19.4 Å². The molecule has 7 rings (SSSR count). The van der Waals surface area contributed by atoms with E-state index in [1.807, 2.05) is 6.07 Å². The van der Waals surface area contributed by atoms with Crippen LogP contribution in [0.5, 0.6) is 0 Å². The molecule has 0 saturated heterocycles. The molecule has 4 fully saturated rings. The minimum atomic E-state index is -0.729. The standard InChI is InChI=1S/C21H24N6O3/c1-22-19(28)20(29)25-18-14-9-24-17-13(2-3-23-17)16(14)27(26-18)15-11-4-10-5-12(15)8-21(30,6-10)7-11/h2-3,9-12,15,26,30H,4-8H2,1H3,(H,22,28)(H,25,29)/t10?,11-,12-,15?,21?/m0/s1. The molecule has 156 valence electrons. The number of hydrogen-bond acceptors (Lipinski definition) is 5. The molecule has 2 atom stereocenters. The van der Waals surface area contributed by atoms with Gasteiger partial charge in [0.25, 0.3) is 0 Å². The quantitative estimate of drug-likeness (QED) is 0.481. The first-order chi connectivity index (χ1) is 14.5. The van der Waals surface area contributed by atoms with Crippen molar-refractivity contribution >= 4 is 39.6 Å². The first kappa shape index (κ1) is 17.9. The summed E-state index contributed by atoms with van der Waals surface area (Å²) in [6.07, 6.45) is 8.21. The number of hydrogen-bond donors (Lipinski definition) is 4. The van der Waals surface area contributed by atoms with Crippen LogP contribution >= 0.6 is 0 Å². The smallest absolute Gasteiger partial charge is 0.314 e. The minimum Gasteiger partial charge on any atom is -0.390 e. The van der Waals surface area contributed by atoms with Gasteiger partial charge in [-0.25, -0.2) is 9.97 Å². The SMILES string of the molecule is CNC(=O)C(=O)Nc1[nH]n(C2[C@H]3CC4C[C@H]2CC(O)(C4)C3)c2c1cnc1nccc12. The molecule has 4 aliphatic carbocycles.